The molecule has 0 heterocycles. The highest BCUT2D eigenvalue weighted by atomic mass is 32.2. The fourth-order valence-electron chi connectivity index (χ4n) is 0.680. The molecule has 0 fully saturated rings. The molecule has 12 heavy (non-hydrogen) atoms. The predicted molar refractivity (Wildman–Crippen MR) is 58.4 cm³/mol. The Bertz CT molecular complexity index is 236. The third-order valence-corrected chi connectivity index (χ3v) is 2.02. The monoisotopic (exact) mass is 184 g/mol. The van der Waals surface area contributed by atoms with Crippen LogP contribution in [-0.4, -0.2) is 6.26 Å². The lowest BCUT2D eigenvalue weighted by Gasteiger charge is -2.00. The summed E-state index contributed by atoms with van der Waals surface area (Å²) in [6.45, 7) is 4.00. The predicted octanol–water partition coefficient (Wildman–Crippen LogP) is 2.60. The zero-order chi connectivity index (χ0) is 9.56. The van der Waals surface area contributed by atoms with Gasteiger partial charge in [0.2, 0.25) is 0 Å². The first-order chi connectivity index (χ1) is 5.74. The standard InChI is InChI=1S/C7H10N2S.C2H6/c1-10-5-2-3-6(8)7(9)4-5;1-2/h2-4H,8-9H2,1H3;1-2H3. The number of thioether (sulfide) groups is 1. The fraction of sp³-hybridized carbons (Fsp3) is 0.333. The van der Waals surface area contributed by atoms with Gasteiger partial charge >= 0.3 is 0 Å². The number of benzene rings is 1. The van der Waals surface area contributed by atoms with Crippen molar-refractivity contribution in [2.45, 2.75) is 18.7 Å². The summed E-state index contributed by atoms with van der Waals surface area (Å²) in [5.74, 6) is 0. The lowest BCUT2D eigenvalue weighted by Crippen LogP contribution is -1.93. The van der Waals surface area contributed by atoms with Crippen LogP contribution in [0.1, 0.15) is 13.8 Å². The maximum Gasteiger partial charge on any atom is 0.0559 e. The number of anilines is 2. The molecule has 0 saturated carbocycles. The maximum atomic E-state index is 5.56. The van der Waals surface area contributed by atoms with Crippen molar-refractivity contribution in [1.29, 1.82) is 0 Å². The molecule has 4 N–H and O–H groups in total. The third-order valence-electron chi connectivity index (χ3n) is 1.29. The molecule has 0 aliphatic rings. The average molecular weight is 184 g/mol. The van der Waals surface area contributed by atoms with Gasteiger partial charge in [0.1, 0.15) is 0 Å². The fourth-order valence-corrected chi connectivity index (χ4v) is 1.13. The van der Waals surface area contributed by atoms with E-state index >= 15 is 0 Å². The van der Waals surface area contributed by atoms with Gasteiger partial charge in [0.15, 0.2) is 0 Å². The molecule has 0 aliphatic heterocycles. The van der Waals surface area contributed by atoms with Crippen LogP contribution in [0.5, 0.6) is 0 Å². The van der Waals surface area contributed by atoms with Gasteiger partial charge in [0, 0.05) is 4.90 Å². The van der Waals surface area contributed by atoms with Crippen LogP contribution in [0.15, 0.2) is 23.1 Å². The van der Waals surface area contributed by atoms with Crippen LogP contribution in [0.4, 0.5) is 11.4 Å². The summed E-state index contributed by atoms with van der Waals surface area (Å²) in [5.41, 5.74) is 12.4. The van der Waals surface area contributed by atoms with Gasteiger partial charge in [-0.05, 0) is 24.5 Å². The van der Waals surface area contributed by atoms with Crippen molar-refractivity contribution < 1.29 is 0 Å². The molecule has 68 valence electrons. The van der Waals surface area contributed by atoms with Gasteiger partial charge in [-0.15, -0.1) is 11.8 Å². The molecule has 0 radical (unpaired) electrons. The number of nitrogen functional groups attached to an aromatic ring is 2. The number of hydrogen-bond donors (Lipinski definition) is 2. The van der Waals surface area contributed by atoms with Gasteiger partial charge in [0.25, 0.3) is 0 Å². The zero-order valence-corrected chi connectivity index (χ0v) is 8.61. The molecule has 2 nitrogen and oxygen atoms in total. The van der Waals surface area contributed by atoms with Gasteiger partial charge in [-0.1, -0.05) is 13.8 Å². The molecule has 1 aromatic carbocycles. The number of rotatable bonds is 1. The third kappa shape index (κ3) is 3.05. The Morgan fingerprint density at radius 3 is 2.08 bits per heavy atom. The largest absolute Gasteiger partial charge is 0.397 e. The summed E-state index contributed by atoms with van der Waals surface area (Å²) in [7, 11) is 0. The molecule has 1 aromatic rings. The molecule has 0 amide bonds. The van der Waals surface area contributed by atoms with E-state index in [1.54, 1.807) is 11.8 Å². The Labute approximate surface area is 78.3 Å². The van der Waals surface area contributed by atoms with Crippen LogP contribution in [0, 0.1) is 0 Å². The molecule has 0 saturated heterocycles. The van der Waals surface area contributed by atoms with Gasteiger partial charge in [-0.25, -0.2) is 0 Å². The van der Waals surface area contributed by atoms with Gasteiger partial charge in [-0.2, -0.15) is 0 Å². The van der Waals surface area contributed by atoms with E-state index in [9.17, 15) is 0 Å². The smallest absolute Gasteiger partial charge is 0.0559 e. The zero-order valence-electron chi connectivity index (χ0n) is 7.79. The molecule has 3 heteroatoms. The topological polar surface area (TPSA) is 52.0 Å². The lowest BCUT2D eigenvalue weighted by molar-refractivity contribution is 1.47. The summed E-state index contributed by atoms with van der Waals surface area (Å²) in [6, 6.07) is 5.65. The average Bonchev–Trinajstić information content (AvgIpc) is 2.13. The van der Waals surface area contributed by atoms with E-state index in [4.69, 9.17) is 11.5 Å². The maximum absolute atomic E-state index is 5.56. The molecule has 0 spiro atoms. The Balaban J connectivity index is 0.000000561. The van der Waals surface area contributed by atoms with E-state index in [1.165, 1.54) is 0 Å². The van der Waals surface area contributed by atoms with Gasteiger partial charge in [0.05, 0.1) is 11.4 Å². The van der Waals surface area contributed by atoms with Crippen molar-refractivity contribution in [3.05, 3.63) is 18.2 Å². The highest BCUT2D eigenvalue weighted by Gasteiger charge is 1.93. The van der Waals surface area contributed by atoms with E-state index in [0.717, 1.165) is 4.90 Å². The molecular weight excluding hydrogens is 168 g/mol. The minimum absolute atomic E-state index is 0.651. The van der Waals surface area contributed by atoms with E-state index in [0.29, 0.717) is 11.4 Å². The van der Waals surface area contributed by atoms with Crippen LogP contribution in [0.3, 0.4) is 0 Å². The van der Waals surface area contributed by atoms with E-state index < -0.39 is 0 Å². The first-order valence-electron chi connectivity index (χ1n) is 3.93. The molecule has 0 unspecified atom stereocenters. The summed E-state index contributed by atoms with van der Waals surface area (Å²) in [4.78, 5) is 1.15. The van der Waals surface area contributed by atoms with Crippen LogP contribution in [0.25, 0.3) is 0 Å². The molecule has 0 aromatic heterocycles. The molecule has 0 bridgehead atoms. The summed E-state index contributed by atoms with van der Waals surface area (Å²) in [6.07, 6.45) is 2.00. The molecule has 0 aliphatic carbocycles. The Morgan fingerprint density at radius 1 is 1.08 bits per heavy atom. The minimum atomic E-state index is 0.651. The van der Waals surface area contributed by atoms with Crippen molar-refractivity contribution in [3.8, 4) is 0 Å². The number of nitrogens with two attached hydrogens (primary N) is 2. The van der Waals surface area contributed by atoms with Gasteiger partial charge < -0.3 is 11.5 Å². The summed E-state index contributed by atoms with van der Waals surface area (Å²) in [5, 5.41) is 0. The lowest BCUT2D eigenvalue weighted by atomic mass is 10.3. The second kappa shape index (κ2) is 5.77. The van der Waals surface area contributed by atoms with Crippen LogP contribution >= 0.6 is 11.8 Å². The number of hydrogen-bond acceptors (Lipinski definition) is 3. The first-order valence-corrected chi connectivity index (χ1v) is 5.15. The van der Waals surface area contributed by atoms with Crippen LogP contribution in [0.2, 0.25) is 0 Å². The quantitative estimate of drug-likeness (QED) is 0.521. The Morgan fingerprint density at radius 2 is 1.67 bits per heavy atom. The van der Waals surface area contributed by atoms with Crippen molar-refractivity contribution in [3.63, 3.8) is 0 Å². The van der Waals surface area contributed by atoms with Crippen molar-refractivity contribution >= 4 is 23.1 Å². The van der Waals surface area contributed by atoms with Crippen LogP contribution in [-0.2, 0) is 0 Å². The highest BCUT2D eigenvalue weighted by molar-refractivity contribution is 7.98. The van der Waals surface area contributed by atoms with Gasteiger partial charge in [-0.3, -0.25) is 0 Å². The summed E-state index contributed by atoms with van der Waals surface area (Å²) < 4.78 is 0. The van der Waals surface area contributed by atoms with Crippen molar-refractivity contribution in [1.82, 2.24) is 0 Å². The molecule has 1 rings (SSSR count). The highest BCUT2D eigenvalue weighted by Crippen LogP contribution is 2.21. The van der Waals surface area contributed by atoms with Crippen molar-refractivity contribution in [2.24, 2.45) is 0 Å². The van der Waals surface area contributed by atoms with E-state index in [1.807, 2.05) is 38.3 Å². The molecular formula is C9H16N2S. The second-order valence-corrected chi connectivity index (χ2v) is 2.87. The second-order valence-electron chi connectivity index (χ2n) is 1.99. The van der Waals surface area contributed by atoms with E-state index in [2.05, 4.69) is 0 Å². The molecule has 0 atom stereocenters. The normalized spacial score (nSPS) is 8.58. The SMILES string of the molecule is CC.CSc1ccc(N)c(N)c1. The van der Waals surface area contributed by atoms with E-state index in [-0.39, 0.29) is 0 Å². The van der Waals surface area contributed by atoms with Crippen LogP contribution < -0.4 is 11.5 Å². The Hall–Kier alpha value is -0.830. The minimum Gasteiger partial charge on any atom is -0.397 e. The Kier molecular flexibility index (Phi) is 5.37. The first kappa shape index (κ1) is 11.2. The summed E-state index contributed by atoms with van der Waals surface area (Å²) >= 11 is 1.66. The van der Waals surface area contributed by atoms with Crippen molar-refractivity contribution in [2.75, 3.05) is 17.7 Å².